The van der Waals surface area contributed by atoms with Crippen LogP contribution < -0.4 is 0 Å². The summed E-state index contributed by atoms with van der Waals surface area (Å²) in [5, 5.41) is 4.67. The Balaban J connectivity index is 1.56. The second kappa shape index (κ2) is 8.35. The molecule has 158 valence electrons. The number of fused-ring (bicyclic) bond motifs is 1. The molecule has 1 fully saturated rings. The molecule has 5 rings (SSSR count). The predicted octanol–water partition coefficient (Wildman–Crippen LogP) is 4.61. The lowest BCUT2D eigenvalue weighted by Crippen LogP contribution is -2.37. The molecule has 0 radical (unpaired) electrons. The highest BCUT2D eigenvalue weighted by Crippen LogP contribution is 2.29. The van der Waals surface area contributed by atoms with E-state index in [1.807, 2.05) is 42.2 Å². The minimum Gasteiger partial charge on any atom is -0.463 e. The monoisotopic (exact) mass is 417 g/mol. The van der Waals surface area contributed by atoms with Crippen molar-refractivity contribution in [3.63, 3.8) is 0 Å². The molecule has 1 aromatic carbocycles. The van der Waals surface area contributed by atoms with E-state index >= 15 is 0 Å². The van der Waals surface area contributed by atoms with Crippen molar-refractivity contribution < 1.29 is 18.5 Å². The van der Waals surface area contributed by atoms with Crippen molar-refractivity contribution in [3.05, 3.63) is 71.6 Å². The number of carbonyl (C=O) groups is 1. The molecule has 1 amide bonds. The second-order valence-electron chi connectivity index (χ2n) is 7.79. The maximum Gasteiger partial charge on any atom is 0.259 e. The lowest BCUT2D eigenvalue weighted by molar-refractivity contribution is 0.0508. The summed E-state index contributed by atoms with van der Waals surface area (Å²) in [4.78, 5) is 20.2. The number of aromatic nitrogens is 2. The summed E-state index contributed by atoms with van der Waals surface area (Å²) in [7, 11) is 0. The number of ether oxygens (including phenoxy) is 1. The van der Waals surface area contributed by atoms with Crippen LogP contribution in [0.1, 0.15) is 34.5 Å². The van der Waals surface area contributed by atoms with Crippen LogP contribution in [-0.4, -0.2) is 40.2 Å². The molecule has 1 aliphatic heterocycles. The van der Waals surface area contributed by atoms with Gasteiger partial charge in [-0.3, -0.25) is 4.79 Å². The Morgan fingerprint density at radius 1 is 1.19 bits per heavy atom. The van der Waals surface area contributed by atoms with Gasteiger partial charge < -0.3 is 18.6 Å². The summed E-state index contributed by atoms with van der Waals surface area (Å²) in [5.41, 5.74) is 3.06. The zero-order valence-corrected chi connectivity index (χ0v) is 17.3. The summed E-state index contributed by atoms with van der Waals surface area (Å²) in [6.07, 6.45) is 3.59. The fourth-order valence-corrected chi connectivity index (χ4v) is 4.04. The van der Waals surface area contributed by atoms with Crippen LogP contribution in [0, 0.1) is 6.92 Å². The van der Waals surface area contributed by atoms with E-state index in [-0.39, 0.29) is 12.0 Å². The molecule has 0 N–H and O–H groups in total. The van der Waals surface area contributed by atoms with Gasteiger partial charge in [0.05, 0.1) is 29.0 Å². The summed E-state index contributed by atoms with van der Waals surface area (Å²) < 4.78 is 16.7. The third kappa shape index (κ3) is 3.96. The number of amides is 1. The molecule has 1 unspecified atom stereocenters. The van der Waals surface area contributed by atoms with Gasteiger partial charge in [-0.05, 0) is 43.5 Å². The van der Waals surface area contributed by atoms with Crippen molar-refractivity contribution in [2.45, 2.75) is 32.4 Å². The van der Waals surface area contributed by atoms with Gasteiger partial charge in [0.2, 0.25) is 0 Å². The maximum absolute atomic E-state index is 13.9. The van der Waals surface area contributed by atoms with Crippen molar-refractivity contribution in [2.75, 3.05) is 13.2 Å². The van der Waals surface area contributed by atoms with Crippen LogP contribution in [0.5, 0.6) is 0 Å². The van der Waals surface area contributed by atoms with Crippen LogP contribution in [0.2, 0.25) is 0 Å². The van der Waals surface area contributed by atoms with Crippen LogP contribution >= 0.6 is 0 Å². The van der Waals surface area contributed by atoms with Gasteiger partial charge in [0.25, 0.3) is 11.6 Å². The van der Waals surface area contributed by atoms with E-state index < -0.39 is 0 Å². The average molecular weight is 417 g/mol. The number of pyridine rings is 1. The number of hydrogen-bond donors (Lipinski definition) is 0. The van der Waals surface area contributed by atoms with E-state index in [1.54, 1.807) is 24.5 Å². The first-order valence-electron chi connectivity index (χ1n) is 10.4. The minimum absolute atomic E-state index is 0.0399. The van der Waals surface area contributed by atoms with E-state index in [2.05, 4.69) is 10.1 Å². The van der Waals surface area contributed by atoms with Crippen molar-refractivity contribution in [1.82, 2.24) is 15.0 Å². The fraction of sp³-hybridized carbons (Fsp3) is 0.292. The second-order valence-corrected chi connectivity index (χ2v) is 7.79. The molecule has 31 heavy (non-hydrogen) atoms. The first-order valence-corrected chi connectivity index (χ1v) is 10.4. The third-order valence-electron chi connectivity index (χ3n) is 5.57. The molecule has 0 bridgehead atoms. The largest absolute Gasteiger partial charge is 0.463 e. The standard InChI is InChI=1S/C24H23N3O4/c1-16-22-19(13-20(21-10-6-12-30-21)25-23(22)31-26-16)24(28)27(15-18-9-5-11-29-18)14-17-7-3-2-4-8-17/h2-4,6-8,10,12-13,18H,5,9,11,14-15H2,1H3. The van der Waals surface area contributed by atoms with Gasteiger partial charge in [0.1, 0.15) is 5.69 Å². The van der Waals surface area contributed by atoms with Crippen LogP contribution in [0.3, 0.4) is 0 Å². The summed E-state index contributed by atoms with van der Waals surface area (Å²) in [6.45, 7) is 3.57. The van der Waals surface area contributed by atoms with Crippen molar-refractivity contribution >= 4 is 17.0 Å². The third-order valence-corrected chi connectivity index (χ3v) is 5.57. The van der Waals surface area contributed by atoms with Gasteiger partial charge in [0, 0.05) is 19.7 Å². The number of nitrogens with zero attached hydrogens (tertiary/aromatic N) is 3. The number of carbonyl (C=O) groups excluding carboxylic acids is 1. The first kappa shape index (κ1) is 19.5. The molecule has 0 spiro atoms. The molecular formula is C24H23N3O4. The highest BCUT2D eigenvalue weighted by Gasteiger charge is 2.27. The average Bonchev–Trinajstić information content (AvgIpc) is 3.56. The number of hydrogen-bond acceptors (Lipinski definition) is 6. The molecule has 1 atom stereocenters. The zero-order chi connectivity index (χ0) is 21.2. The van der Waals surface area contributed by atoms with E-state index in [0.29, 0.717) is 46.9 Å². The molecular weight excluding hydrogens is 394 g/mol. The van der Waals surface area contributed by atoms with Crippen molar-refractivity contribution in [1.29, 1.82) is 0 Å². The van der Waals surface area contributed by atoms with Gasteiger partial charge >= 0.3 is 0 Å². The topological polar surface area (TPSA) is 81.6 Å². The van der Waals surface area contributed by atoms with Crippen LogP contribution in [0.15, 0.2) is 63.7 Å². The first-order chi connectivity index (χ1) is 15.2. The van der Waals surface area contributed by atoms with E-state index in [0.717, 1.165) is 25.0 Å². The molecule has 7 heteroatoms. The Kier molecular flexibility index (Phi) is 5.26. The Labute approximate surface area is 179 Å². The molecule has 3 aromatic heterocycles. The number of furan rings is 1. The SMILES string of the molecule is Cc1noc2nc(-c3ccco3)cc(C(=O)N(Cc3ccccc3)CC3CCCO3)c12. The van der Waals surface area contributed by atoms with Crippen molar-refractivity contribution in [3.8, 4) is 11.5 Å². The van der Waals surface area contributed by atoms with Gasteiger partial charge in [-0.25, -0.2) is 4.98 Å². The van der Waals surface area contributed by atoms with E-state index in [9.17, 15) is 4.79 Å². The number of benzene rings is 1. The Hall–Kier alpha value is -3.45. The Morgan fingerprint density at radius 2 is 2.06 bits per heavy atom. The molecule has 4 heterocycles. The minimum atomic E-state index is -0.106. The molecule has 1 aliphatic rings. The van der Waals surface area contributed by atoms with Gasteiger partial charge in [-0.15, -0.1) is 0 Å². The summed E-state index contributed by atoms with van der Waals surface area (Å²) in [6, 6.07) is 15.3. The van der Waals surface area contributed by atoms with Gasteiger partial charge in [0.15, 0.2) is 5.76 Å². The fourth-order valence-electron chi connectivity index (χ4n) is 4.04. The molecule has 1 saturated heterocycles. The lowest BCUT2D eigenvalue weighted by Gasteiger charge is -2.26. The van der Waals surface area contributed by atoms with Crippen molar-refractivity contribution in [2.24, 2.45) is 0 Å². The Bertz CT molecular complexity index is 1180. The molecule has 4 aromatic rings. The maximum atomic E-state index is 13.9. The lowest BCUT2D eigenvalue weighted by atomic mass is 10.1. The van der Waals surface area contributed by atoms with Crippen LogP contribution in [0.25, 0.3) is 22.6 Å². The summed E-state index contributed by atoms with van der Waals surface area (Å²) in [5.74, 6) is 0.463. The number of aryl methyl sites for hydroxylation is 1. The predicted molar refractivity (Wildman–Crippen MR) is 114 cm³/mol. The van der Waals surface area contributed by atoms with Gasteiger partial charge in [-0.1, -0.05) is 35.5 Å². The van der Waals surface area contributed by atoms with Crippen LogP contribution in [-0.2, 0) is 11.3 Å². The quantitative estimate of drug-likeness (QED) is 0.456. The van der Waals surface area contributed by atoms with E-state index in [1.165, 1.54) is 0 Å². The van der Waals surface area contributed by atoms with Gasteiger partial charge in [-0.2, -0.15) is 0 Å². The normalized spacial score (nSPS) is 16.1. The zero-order valence-electron chi connectivity index (χ0n) is 17.3. The highest BCUT2D eigenvalue weighted by atomic mass is 16.5. The highest BCUT2D eigenvalue weighted by molar-refractivity contribution is 6.06. The smallest absolute Gasteiger partial charge is 0.259 e. The summed E-state index contributed by atoms with van der Waals surface area (Å²) >= 11 is 0. The van der Waals surface area contributed by atoms with Crippen LogP contribution in [0.4, 0.5) is 0 Å². The number of rotatable bonds is 6. The van der Waals surface area contributed by atoms with E-state index in [4.69, 9.17) is 13.7 Å². The molecule has 0 saturated carbocycles. The molecule has 0 aliphatic carbocycles. The molecule has 7 nitrogen and oxygen atoms in total. The Morgan fingerprint density at radius 3 is 2.81 bits per heavy atom.